The Labute approximate surface area is 77.9 Å². The van der Waals surface area contributed by atoms with E-state index in [1.54, 1.807) is 0 Å². The molecular weight excluding hydrogens is 166 g/mol. The van der Waals surface area contributed by atoms with Crippen molar-refractivity contribution in [2.45, 2.75) is 24.0 Å². The number of benzene rings is 1. The van der Waals surface area contributed by atoms with Gasteiger partial charge in [0.05, 0.1) is 5.69 Å². The lowest BCUT2D eigenvalue weighted by Crippen LogP contribution is -1.85. The van der Waals surface area contributed by atoms with Crippen molar-refractivity contribution in [2.75, 3.05) is 0 Å². The third-order valence-electron chi connectivity index (χ3n) is 1.40. The average Bonchev–Trinajstić information content (AvgIpc) is 2.04. The molecule has 0 aliphatic heterocycles. The van der Waals surface area contributed by atoms with Gasteiger partial charge in [-0.1, -0.05) is 26.0 Å². The van der Waals surface area contributed by atoms with Gasteiger partial charge in [0, 0.05) is 10.1 Å². The SMILES string of the molecule is C=Nc1ccccc1SC(C)C. The van der Waals surface area contributed by atoms with Crippen molar-refractivity contribution >= 4 is 24.2 Å². The minimum atomic E-state index is 0.591. The van der Waals surface area contributed by atoms with Crippen LogP contribution >= 0.6 is 11.8 Å². The molecule has 0 spiro atoms. The summed E-state index contributed by atoms with van der Waals surface area (Å²) in [6.07, 6.45) is 0. The molecule has 1 nitrogen and oxygen atoms in total. The van der Waals surface area contributed by atoms with E-state index in [-0.39, 0.29) is 0 Å². The molecule has 0 saturated heterocycles. The minimum Gasteiger partial charge on any atom is -0.263 e. The Hall–Kier alpha value is -0.760. The lowest BCUT2D eigenvalue weighted by Gasteiger charge is -2.06. The molecule has 1 aromatic carbocycles. The third-order valence-corrected chi connectivity index (χ3v) is 2.47. The molecule has 0 radical (unpaired) electrons. The molecule has 12 heavy (non-hydrogen) atoms. The van der Waals surface area contributed by atoms with Crippen LogP contribution in [0.1, 0.15) is 13.8 Å². The van der Waals surface area contributed by atoms with Crippen molar-refractivity contribution < 1.29 is 0 Å². The van der Waals surface area contributed by atoms with Crippen LogP contribution in [0.2, 0.25) is 0 Å². The first-order chi connectivity index (χ1) is 5.74. The topological polar surface area (TPSA) is 12.4 Å². The van der Waals surface area contributed by atoms with Gasteiger partial charge in [0.1, 0.15) is 0 Å². The van der Waals surface area contributed by atoms with Crippen LogP contribution in [0.3, 0.4) is 0 Å². The highest BCUT2D eigenvalue weighted by Gasteiger charge is 2.01. The third kappa shape index (κ3) is 2.38. The maximum Gasteiger partial charge on any atom is 0.0758 e. The fourth-order valence-electron chi connectivity index (χ4n) is 0.941. The average molecular weight is 179 g/mol. The molecule has 64 valence electrons. The smallest absolute Gasteiger partial charge is 0.0758 e. The van der Waals surface area contributed by atoms with Gasteiger partial charge in [-0.3, -0.25) is 4.99 Å². The summed E-state index contributed by atoms with van der Waals surface area (Å²) in [4.78, 5) is 5.16. The zero-order valence-electron chi connectivity index (χ0n) is 7.45. The van der Waals surface area contributed by atoms with Gasteiger partial charge < -0.3 is 0 Å². The van der Waals surface area contributed by atoms with Crippen molar-refractivity contribution in [2.24, 2.45) is 4.99 Å². The van der Waals surface area contributed by atoms with Crippen molar-refractivity contribution in [3.05, 3.63) is 24.3 Å². The predicted molar refractivity (Wildman–Crippen MR) is 56.6 cm³/mol. The Morgan fingerprint density at radius 1 is 1.33 bits per heavy atom. The van der Waals surface area contributed by atoms with Crippen LogP contribution in [0.25, 0.3) is 0 Å². The van der Waals surface area contributed by atoms with E-state index in [9.17, 15) is 0 Å². The number of thioether (sulfide) groups is 1. The molecule has 2 heteroatoms. The van der Waals surface area contributed by atoms with Gasteiger partial charge in [-0.2, -0.15) is 0 Å². The quantitative estimate of drug-likeness (QED) is 0.511. The number of nitrogens with zero attached hydrogens (tertiary/aromatic N) is 1. The van der Waals surface area contributed by atoms with Crippen LogP contribution in [0.5, 0.6) is 0 Å². The van der Waals surface area contributed by atoms with Gasteiger partial charge in [0.2, 0.25) is 0 Å². The molecule has 0 N–H and O–H groups in total. The molecular formula is C10H13NS. The fourth-order valence-corrected chi connectivity index (χ4v) is 1.86. The second-order valence-corrected chi connectivity index (χ2v) is 4.41. The van der Waals surface area contributed by atoms with Gasteiger partial charge in [-0.25, -0.2) is 0 Å². The van der Waals surface area contributed by atoms with E-state index in [1.807, 2.05) is 30.0 Å². The lowest BCUT2D eigenvalue weighted by molar-refractivity contribution is 1.11. The maximum absolute atomic E-state index is 3.95. The molecule has 0 unspecified atom stereocenters. The van der Waals surface area contributed by atoms with E-state index in [0.29, 0.717) is 5.25 Å². The highest BCUT2D eigenvalue weighted by Crippen LogP contribution is 2.31. The van der Waals surface area contributed by atoms with Crippen molar-refractivity contribution in [3.63, 3.8) is 0 Å². The number of hydrogen-bond acceptors (Lipinski definition) is 2. The minimum absolute atomic E-state index is 0.591. The first-order valence-electron chi connectivity index (χ1n) is 3.96. The standard InChI is InChI=1S/C10H13NS/c1-8(2)12-10-7-5-4-6-9(10)11-3/h4-8H,3H2,1-2H3. The molecule has 0 saturated carbocycles. The van der Waals surface area contributed by atoms with Gasteiger partial charge >= 0.3 is 0 Å². The van der Waals surface area contributed by atoms with Crippen molar-refractivity contribution in [3.8, 4) is 0 Å². The lowest BCUT2D eigenvalue weighted by atomic mass is 10.3. The Morgan fingerprint density at radius 3 is 2.58 bits per heavy atom. The van der Waals surface area contributed by atoms with Crippen LogP contribution in [-0.4, -0.2) is 12.0 Å². The highest BCUT2D eigenvalue weighted by atomic mass is 32.2. The Bertz CT molecular complexity index is 268. The van der Waals surface area contributed by atoms with E-state index >= 15 is 0 Å². The molecule has 0 aromatic heterocycles. The second kappa shape index (κ2) is 4.31. The predicted octanol–water partition coefficient (Wildman–Crippen LogP) is 3.52. The first kappa shape index (κ1) is 9.33. The summed E-state index contributed by atoms with van der Waals surface area (Å²) in [6, 6.07) is 8.07. The van der Waals surface area contributed by atoms with Crippen LogP contribution in [0.4, 0.5) is 5.69 Å². The summed E-state index contributed by atoms with van der Waals surface area (Å²) in [6.45, 7) is 7.88. The van der Waals surface area contributed by atoms with Crippen LogP contribution < -0.4 is 0 Å². The number of para-hydroxylation sites is 1. The number of aliphatic imine (C=N–C) groups is 1. The van der Waals surface area contributed by atoms with E-state index < -0.39 is 0 Å². The Morgan fingerprint density at radius 2 is 2.00 bits per heavy atom. The van der Waals surface area contributed by atoms with Gasteiger partial charge in [-0.05, 0) is 18.9 Å². The Kier molecular flexibility index (Phi) is 3.35. The molecule has 0 aliphatic carbocycles. The van der Waals surface area contributed by atoms with Crippen molar-refractivity contribution in [1.82, 2.24) is 0 Å². The molecule has 0 fully saturated rings. The highest BCUT2D eigenvalue weighted by molar-refractivity contribution is 8.00. The normalized spacial score (nSPS) is 10.2. The summed E-state index contributed by atoms with van der Waals surface area (Å²) in [5.41, 5.74) is 0.983. The number of rotatable bonds is 3. The van der Waals surface area contributed by atoms with E-state index in [1.165, 1.54) is 4.90 Å². The maximum atomic E-state index is 3.95. The molecule has 0 bridgehead atoms. The van der Waals surface area contributed by atoms with E-state index in [0.717, 1.165) is 5.69 Å². The zero-order chi connectivity index (χ0) is 8.97. The summed E-state index contributed by atoms with van der Waals surface area (Å²) >= 11 is 1.82. The van der Waals surface area contributed by atoms with E-state index in [4.69, 9.17) is 0 Å². The number of hydrogen-bond donors (Lipinski definition) is 0. The fraction of sp³-hybridized carbons (Fsp3) is 0.300. The monoisotopic (exact) mass is 179 g/mol. The first-order valence-corrected chi connectivity index (χ1v) is 4.84. The molecule has 0 heterocycles. The molecule has 0 amide bonds. The summed E-state index contributed by atoms with van der Waals surface area (Å²) in [5, 5.41) is 0.591. The zero-order valence-corrected chi connectivity index (χ0v) is 8.27. The molecule has 0 atom stereocenters. The van der Waals surface area contributed by atoms with Gasteiger partial charge in [0.25, 0.3) is 0 Å². The van der Waals surface area contributed by atoms with E-state index in [2.05, 4.69) is 31.6 Å². The Balaban J connectivity index is 2.89. The summed E-state index contributed by atoms with van der Waals surface area (Å²) in [7, 11) is 0. The van der Waals surface area contributed by atoms with Crippen LogP contribution in [0, 0.1) is 0 Å². The largest absolute Gasteiger partial charge is 0.263 e. The van der Waals surface area contributed by atoms with Crippen LogP contribution in [-0.2, 0) is 0 Å². The molecule has 0 aliphatic rings. The second-order valence-electron chi connectivity index (χ2n) is 2.79. The molecule has 1 aromatic rings. The van der Waals surface area contributed by atoms with Gasteiger partial charge in [0.15, 0.2) is 0 Å². The van der Waals surface area contributed by atoms with Crippen molar-refractivity contribution in [1.29, 1.82) is 0 Å². The van der Waals surface area contributed by atoms with Crippen LogP contribution in [0.15, 0.2) is 34.2 Å². The molecule has 1 rings (SSSR count). The summed E-state index contributed by atoms with van der Waals surface area (Å²) in [5.74, 6) is 0. The van der Waals surface area contributed by atoms with Gasteiger partial charge in [-0.15, -0.1) is 11.8 Å². The summed E-state index contributed by atoms with van der Waals surface area (Å²) < 4.78 is 0.